The highest BCUT2D eigenvalue weighted by Crippen LogP contribution is 2.59. The molecule has 2 heteroatoms. The minimum Gasteiger partial charge on any atom is -0.381 e. The van der Waals surface area contributed by atoms with Crippen molar-refractivity contribution in [2.75, 3.05) is 19.8 Å². The van der Waals surface area contributed by atoms with Gasteiger partial charge in [-0.25, -0.2) is 0 Å². The molecule has 1 aliphatic heterocycles. The molecule has 1 aliphatic carbocycles. The van der Waals surface area contributed by atoms with E-state index in [0.29, 0.717) is 11.5 Å². The molecule has 0 spiro atoms. The summed E-state index contributed by atoms with van der Waals surface area (Å²) in [6.45, 7) is 10.1. The minimum absolute atomic E-state index is 0.596. The first kappa shape index (κ1) is 10.4. The van der Waals surface area contributed by atoms with Gasteiger partial charge < -0.3 is 10.1 Å². The number of nitrogens with one attached hydrogen (secondary N) is 1. The third-order valence-electron chi connectivity index (χ3n) is 4.09. The van der Waals surface area contributed by atoms with Crippen molar-refractivity contribution in [2.24, 2.45) is 17.3 Å². The highest BCUT2D eigenvalue weighted by molar-refractivity contribution is 5.04. The molecule has 2 aliphatic rings. The molecule has 1 N–H and O–H groups in total. The van der Waals surface area contributed by atoms with E-state index in [1.807, 2.05) is 0 Å². The van der Waals surface area contributed by atoms with Crippen LogP contribution in [0.25, 0.3) is 0 Å². The SMILES string of the molecule is CC(C)NCC1CC1(C)C1CCOC1. The molecule has 0 aromatic carbocycles. The van der Waals surface area contributed by atoms with E-state index in [1.165, 1.54) is 19.4 Å². The molecule has 1 heterocycles. The molecule has 14 heavy (non-hydrogen) atoms. The minimum atomic E-state index is 0.596. The summed E-state index contributed by atoms with van der Waals surface area (Å²) in [6.07, 6.45) is 2.69. The average Bonchev–Trinajstić information content (AvgIpc) is 2.63. The number of hydrogen-bond donors (Lipinski definition) is 1. The van der Waals surface area contributed by atoms with Gasteiger partial charge in [-0.05, 0) is 36.6 Å². The summed E-state index contributed by atoms with van der Waals surface area (Å²) in [7, 11) is 0. The van der Waals surface area contributed by atoms with Gasteiger partial charge in [0.1, 0.15) is 0 Å². The summed E-state index contributed by atoms with van der Waals surface area (Å²) >= 11 is 0. The standard InChI is InChI=1S/C12H23NO/c1-9(2)13-7-11-6-12(11,3)10-4-5-14-8-10/h9-11,13H,4-8H2,1-3H3. The Bertz CT molecular complexity index is 198. The van der Waals surface area contributed by atoms with Crippen molar-refractivity contribution >= 4 is 0 Å². The third kappa shape index (κ3) is 1.96. The van der Waals surface area contributed by atoms with E-state index in [9.17, 15) is 0 Å². The van der Waals surface area contributed by atoms with Crippen molar-refractivity contribution in [3.63, 3.8) is 0 Å². The first-order valence-electron chi connectivity index (χ1n) is 5.94. The van der Waals surface area contributed by atoms with Gasteiger partial charge >= 0.3 is 0 Å². The Kier molecular flexibility index (Phi) is 2.85. The van der Waals surface area contributed by atoms with E-state index >= 15 is 0 Å². The number of rotatable bonds is 4. The molecule has 3 unspecified atom stereocenters. The van der Waals surface area contributed by atoms with Crippen LogP contribution in [0.3, 0.4) is 0 Å². The van der Waals surface area contributed by atoms with E-state index in [0.717, 1.165) is 25.0 Å². The van der Waals surface area contributed by atoms with Crippen LogP contribution in [0, 0.1) is 17.3 Å². The highest BCUT2D eigenvalue weighted by Gasteiger charge is 2.55. The summed E-state index contributed by atoms with van der Waals surface area (Å²) < 4.78 is 5.48. The van der Waals surface area contributed by atoms with Crippen LogP contribution in [-0.4, -0.2) is 25.8 Å². The lowest BCUT2D eigenvalue weighted by molar-refractivity contribution is 0.166. The van der Waals surface area contributed by atoms with Gasteiger partial charge in [-0.3, -0.25) is 0 Å². The van der Waals surface area contributed by atoms with Crippen molar-refractivity contribution in [1.82, 2.24) is 5.32 Å². The Morgan fingerprint density at radius 3 is 2.86 bits per heavy atom. The molecule has 1 saturated carbocycles. The maximum absolute atomic E-state index is 5.48. The second-order valence-corrected chi connectivity index (χ2v) is 5.53. The summed E-state index contributed by atoms with van der Waals surface area (Å²) in [6, 6.07) is 0.625. The third-order valence-corrected chi connectivity index (χ3v) is 4.09. The van der Waals surface area contributed by atoms with Gasteiger partial charge in [0.25, 0.3) is 0 Å². The van der Waals surface area contributed by atoms with Crippen molar-refractivity contribution in [2.45, 2.75) is 39.7 Å². The molecule has 3 atom stereocenters. The number of ether oxygens (including phenoxy) is 1. The summed E-state index contributed by atoms with van der Waals surface area (Å²) in [5.74, 6) is 1.73. The lowest BCUT2D eigenvalue weighted by Crippen LogP contribution is -2.27. The normalized spacial score (nSPS) is 42.0. The first-order chi connectivity index (χ1) is 6.63. The van der Waals surface area contributed by atoms with E-state index in [-0.39, 0.29) is 0 Å². The van der Waals surface area contributed by atoms with E-state index in [1.54, 1.807) is 0 Å². The lowest BCUT2D eigenvalue weighted by Gasteiger charge is -2.18. The molecule has 2 fully saturated rings. The van der Waals surface area contributed by atoms with Crippen molar-refractivity contribution in [3.8, 4) is 0 Å². The van der Waals surface area contributed by atoms with Crippen LogP contribution < -0.4 is 5.32 Å². The summed E-state index contributed by atoms with van der Waals surface area (Å²) in [5, 5.41) is 3.55. The fraction of sp³-hybridized carbons (Fsp3) is 1.00. The fourth-order valence-corrected chi connectivity index (χ4v) is 2.71. The zero-order chi connectivity index (χ0) is 10.2. The second-order valence-electron chi connectivity index (χ2n) is 5.53. The van der Waals surface area contributed by atoms with Crippen LogP contribution in [0.2, 0.25) is 0 Å². The Balaban J connectivity index is 1.77. The van der Waals surface area contributed by atoms with E-state index in [4.69, 9.17) is 4.74 Å². The molecule has 1 saturated heterocycles. The van der Waals surface area contributed by atoms with Gasteiger partial charge in [0.2, 0.25) is 0 Å². The van der Waals surface area contributed by atoms with E-state index in [2.05, 4.69) is 26.1 Å². The van der Waals surface area contributed by atoms with Crippen molar-refractivity contribution in [3.05, 3.63) is 0 Å². The molecule has 0 aromatic rings. The van der Waals surface area contributed by atoms with Crippen LogP contribution in [0.5, 0.6) is 0 Å². The van der Waals surface area contributed by atoms with E-state index < -0.39 is 0 Å². The predicted molar refractivity (Wildman–Crippen MR) is 58.3 cm³/mol. The molecule has 0 amide bonds. The smallest absolute Gasteiger partial charge is 0.0500 e. The quantitative estimate of drug-likeness (QED) is 0.744. The van der Waals surface area contributed by atoms with Crippen LogP contribution in [0.1, 0.15) is 33.6 Å². The van der Waals surface area contributed by atoms with Gasteiger partial charge in [0.15, 0.2) is 0 Å². The molecule has 0 radical (unpaired) electrons. The predicted octanol–water partition coefficient (Wildman–Crippen LogP) is 2.05. The molecule has 0 aromatic heterocycles. The maximum atomic E-state index is 5.48. The molecule has 82 valence electrons. The average molecular weight is 197 g/mol. The fourth-order valence-electron chi connectivity index (χ4n) is 2.71. The van der Waals surface area contributed by atoms with Crippen molar-refractivity contribution < 1.29 is 4.74 Å². The van der Waals surface area contributed by atoms with Crippen LogP contribution in [0.15, 0.2) is 0 Å². The van der Waals surface area contributed by atoms with Gasteiger partial charge in [-0.2, -0.15) is 0 Å². The first-order valence-corrected chi connectivity index (χ1v) is 5.94. The zero-order valence-corrected chi connectivity index (χ0v) is 9.68. The Labute approximate surface area is 87.4 Å². The Morgan fingerprint density at radius 2 is 2.29 bits per heavy atom. The molecule has 0 bridgehead atoms. The monoisotopic (exact) mass is 197 g/mol. The molecular formula is C12H23NO. The molecule has 2 nitrogen and oxygen atoms in total. The summed E-state index contributed by atoms with van der Waals surface area (Å²) in [4.78, 5) is 0. The van der Waals surface area contributed by atoms with Crippen LogP contribution in [-0.2, 0) is 4.74 Å². The van der Waals surface area contributed by atoms with Crippen LogP contribution >= 0.6 is 0 Å². The van der Waals surface area contributed by atoms with Gasteiger partial charge in [0, 0.05) is 19.3 Å². The lowest BCUT2D eigenvalue weighted by atomic mass is 9.88. The zero-order valence-electron chi connectivity index (χ0n) is 9.68. The number of hydrogen-bond acceptors (Lipinski definition) is 2. The summed E-state index contributed by atoms with van der Waals surface area (Å²) in [5.41, 5.74) is 0.596. The highest BCUT2D eigenvalue weighted by atomic mass is 16.5. The van der Waals surface area contributed by atoms with Gasteiger partial charge in [-0.1, -0.05) is 20.8 Å². The topological polar surface area (TPSA) is 21.3 Å². The van der Waals surface area contributed by atoms with Crippen LogP contribution in [0.4, 0.5) is 0 Å². The molecular weight excluding hydrogens is 174 g/mol. The maximum Gasteiger partial charge on any atom is 0.0500 e. The van der Waals surface area contributed by atoms with Crippen molar-refractivity contribution in [1.29, 1.82) is 0 Å². The molecule has 2 rings (SSSR count). The largest absolute Gasteiger partial charge is 0.381 e. The Morgan fingerprint density at radius 1 is 1.50 bits per heavy atom. The van der Waals surface area contributed by atoms with Gasteiger partial charge in [0.05, 0.1) is 0 Å². The Hall–Kier alpha value is -0.0800. The second kappa shape index (κ2) is 3.82. The van der Waals surface area contributed by atoms with Gasteiger partial charge in [-0.15, -0.1) is 0 Å².